The molecule has 4 nitrogen and oxygen atoms in total. The molecule has 1 heterocycles. The van der Waals surface area contributed by atoms with Gasteiger partial charge in [-0.1, -0.05) is 73.1 Å². The molecule has 0 atom stereocenters. The summed E-state index contributed by atoms with van der Waals surface area (Å²) in [5, 5.41) is 4.23. The van der Waals surface area contributed by atoms with E-state index in [-0.39, 0.29) is 5.91 Å². The Balaban J connectivity index is 1.80. The van der Waals surface area contributed by atoms with Gasteiger partial charge >= 0.3 is 0 Å². The van der Waals surface area contributed by atoms with Crippen molar-refractivity contribution in [2.45, 2.75) is 47.2 Å². The minimum Gasteiger partial charge on any atom is -0.356 e. The summed E-state index contributed by atoms with van der Waals surface area (Å²) >= 11 is 0. The summed E-state index contributed by atoms with van der Waals surface area (Å²) in [4.78, 5) is 14.7. The molecule has 3 rings (SSSR count). The first-order valence-corrected chi connectivity index (χ1v) is 9.77. The molecule has 3 aromatic rings. The average Bonchev–Trinajstić information content (AvgIpc) is 3.09. The van der Waals surface area contributed by atoms with Crippen LogP contribution in [0.25, 0.3) is 11.3 Å². The highest BCUT2D eigenvalue weighted by atomic mass is 16.5. The summed E-state index contributed by atoms with van der Waals surface area (Å²) in [5.41, 5.74) is 5.28. The molecule has 0 spiro atoms. The second-order valence-corrected chi connectivity index (χ2v) is 7.83. The van der Waals surface area contributed by atoms with Gasteiger partial charge in [0.05, 0.1) is 6.54 Å². The molecule has 0 bridgehead atoms. The summed E-state index contributed by atoms with van der Waals surface area (Å²) in [6.07, 6.45) is 0.522. The van der Waals surface area contributed by atoms with E-state index in [1.165, 1.54) is 5.56 Å². The van der Waals surface area contributed by atoms with Gasteiger partial charge in [-0.2, -0.15) is 0 Å². The number of aromatic nitrogens is 1. The lowest BCUT2D eigenvalue weighted by molar-refractivity contribution is -0.133. The van der Waals surface area contributed by atoms with Crippen LogP contribution >= 0.6 is 0 Å². The van der Waals surface area contributed by atoms with Gasteiger partial charge in [-0.25, -0.2) is 0 Å². The number of benzene rings is 2. The van der Waals surface area contributed by atoms with Gasteiger partial charge in [0, 0.05) is 24.6 Å². The largest absolute Gasteiger partial charge is 0.356 e. The van der Waals surface area contributed by atoms with Crippen LogP contribution in [0.15, 0.2) is 59.1 Å². The predicted molar refractivity (Wildman–Crippen MR) is 112 cm³/mol. The Morgan fingerprint density at radius 2 is 1.79 bits per heavy atom. The van der Waals surface area contributed by atoms with Crippen LogP contribution in [0.4, 0.5) is 0 Å². The van der Waals surface area contributed by atoms with Gasteiger partial charge in [0.25, 0.3) is 0 Å². The Hall–Kier alpha value is -2.88. The fourth-order valence-corrected chi connectivity index (χ4v) is 3.31. The fourth-order valence-electron chi connectivity index (χ4n) is 3.31. The topological polar surface area (TPSA) is 46.3 Å². The normalized spacial score (nSPS) is 11.0. The van der Waals surface area contributed by atoms with E-state index >= 15 is 0 Å². The Morgan fingerprint density at radius 3 is 2.46 bits per heavy atom. The zero-order chi connectivity index (χ0) is 20.1. The minimum atomic E-state index is 0.134. The van der Waals surface area contributed by atoms with Crippen molar-refractivity contribution in [2.75, 3.05) is 0 Å². The number of hydrogen-bond donors (Lipinski definition) is 0. The van der Waals surface area contributed by atoms with Gasteiger partial charge < -0.3 is 9.42 Å². The number of hydrogen-bond acceptors (Lipinski definition) is 3. The highest BCUT2D eigenvalue weighted by Crippen LogP contribution is 2.25. The number of rotatable bonds is 7. The van der Waals surface area contributed by atoms with E-state index in [2.05, 4.69) is 51.1 Å². The lowest BCUT2D eigenvalue weighted by atomic mass is 10.0. The molecule has 1 amide bonds. The number of carbonyl (C=O) groups excluding carboxylic acids is 1. The number of amides is 1. The van der Waals surface area contributed by atoms with Crippen LogP contribution in [0, 0.1) is 19.8 Å². The van der Waals surface area contributed by atoms with E-state index in [0.29, 0.717) is 25.4 Å². The van der Waals surface area contributed by atoms with Crippen LogP contribution < -0.4 is 0 Å². The van der Waals surface area contributed by atoms with Crippen molar-refractivity contribution < 1.29 is 9.32 Å². The molecule has 0 N–H and O–H groups in total. The van der Waals surface area contributed by atoms with E-state index in [4.69, 9.17) is 4.52 Å². The number of nitrogens with zero attached hydrogens (tertiary/aromatic N) is 2. The maximum absolute atomic E-state index is 12.8. The predicted octanol–water partition coefficient (Wildman–Crippen LogP) is 5.53. The van der Waals surface area contributed by atoms with E-state index in [1.807, 2.05) is 41.3 Å². The lowest BCUT2D eigenvalue weighted by Gasteiger charge is -2.22. The van der Waals surface area contributed by atoms with E-state index in [9.17, 15) is 4.79 Å². The lowest BCUT2D eigenvalue weighted by Crippen LogP contribution is -2.31. The van der Waals surface area contributed by atoms with Crippen LogP contribution in [0.5, 0.6) is 0 Å². The second kappa shape index (κ2) is 8.87. The maximum Gasteiger partial charge on any atom is 0.223 e. The molecular weight excluding hydrogens is 348 g/mol. The van der Waals surface area contributed by atoms with Crippen molar-refractivity contribution in [3.8, 4) is 11.3 Å². The molecule has 0 saturated heterocycles. The van der Waals surface area contributed by atoms with Gasteiger partial charge in [-0.15, -0.1) is 0 Å². The SMILES string of the molecule is Cc1ccc(-c2cc(CN(Cc3ccccc3)C(=O)CC(C)C)no2)c(C)c1. The molecule has 1 aromatic heterocycles. The number of aryl methyl sites for hydroxylation is 2. The van der Waals surface area contributed by atoms with Crippen LogP contribution in [0.3, 0.4) is 0 Å². The third-order valence-corrected chi connectivity index (χ3v) is 4.71. The van der Waals surface area contributed by atoms with Crippen molar-refractivity contribution >= 4 is 5.91 Å². The monoisotopic (exact) mass is 376 g/mol. The third kappa shape index (κ3) is 5.10. The molecule has 0 aliphatic rings. The zero-order valence-corrected chi connectivity index (χ0v) is 17.1. The molecule has 0 radical (unpaired) electrons. The van der Waals surface area contributed by atoms with E-state index < -0.39 is 0 Å². The van der Waals surface area contributed by atoms with Gasteiger partial charge in [-0.3, -0.25) is 4.79 Å². The summed E-state index contributed by atoms with van der Waals surface area (Å²) < 4.78 is 5.60. The van der Waals surface area contributed by atoms with Crippen molar-refractivity contribution in [1.82, 2.24) is 10.1 Å². The zero-order valence-electron chi connectivity index (χ0n) is 17.1. The Morgan fingerprint density at radius 1 is 1.04 bits per heavy atom. The van der Waals surface area contributed by atoms with Crippen LogP contribution in [0.2, 0.25) is 0 Å². The Labute approximate surface area is 167 Å². The summed E-state index contributed by atoms with van der Waals surface area (Å²) in [6.45, 7) is 9.27. The standard InChI is InChI=1S/C24H28N2O2/c1-17(2)12-24(27)26(15-20-8-6-5-7-9-20)16-21-14-23(28-25-21)22-11-10-18(3)13-19(22)4/h5-11,13-14,17H,12,15-16H2,1-4H3. The van der Waals surface area contributed by atoms with E-state index in [0.717, 1.165) is 28.1 Å². The van der Waals surface area contributed by atoms with Crippen LogP contribution in [-0.2, 0) is 17.9 Å². The van der Waals surface area contributed by atoms with Gasteiger partial charge in [0.2, 0.25) is 5.91 Å². The van der Waals surface area contributed by atoms with Crippen LogP contribution in [0.1, 0.15) is 42.7 Å². The van der Waals surface area contributed by atoms with Crippen molar-refractivity contribution in [1.29, 1.82) is 0 Å². The third-order valence-electron chi connectivity index (χ3n) is 4.71. The quantitative estimate of drug-likeness (QED) is 0.544. The fraction of sp³-hybridized carbons (Fsp3) is 0.333. The molecule has 0 fully saturated rings. The highest BCUT2D eigenvalue weighted by Gasteiger charge is 2.18. The summed E-state index contributed by atoms with van der Waals surface area (Å²) in [6, 6.07) is 18.3. The molecule has 0 aliphatic heterocycles. The van der Waals surface area contributed by atoms with Gasteiger partial charge in [0.15, 0.2) is 5.76 Å². The van der Waals surface area contributed by atoms with Crippen LogP contribution in [-0.4, -0.2) is 16.0 Å². The Bertz CT molecular complexity index is 929. The molecular formula is C24H28N2O2. The van der Waals surface area contributed by atoms with Crippen molar-refractivity contribution in [3.05, 3.63) is 77.0 Å². The highest BCUT2D eigenvalue weighted by molar-refractivity contribution is 5.76. The molecule has 0 saturated carbocycles. The molecule has 2 aromatic carbocycles. The molecule has 0 unspecified atom stereocenters. The molecule has 4 heteroatoms. The van der Waals surface area contributed by atoms with Crippen molar-refractivity contribution in [3.63, 3.8) is 0 Å². The van der Waals surface area contributed by atoms with Gasteiger partial charge in [-0.05, 0) is 30.9 Å². The molecule has 146 valence electrons. The molecule has 0 aliphatic carbocycles. The Kier molecular flexibility index (Phi) is 6.30. The smallest absolute Gasteiger partial charge is 0.223 e. The maximum atomic E-state index is 12.8. The average molecular weight is 377 g/mol. The summed E-state index contributed by atoms with van der Waals surface area (Å²) in [5.74, 6) is 1.19. The first-order valence-electron chi connectivity index (χ1n) is 9.77. The second-order valence-electron chi connectivity index (χ2n) is 7.83. The molecule has 28 heavy (non-hydrogen) atoms. The number of carbonyl (C=O) groups is 1. The minimum absolute atomic E-state index is 0.134. The first kappa shape index (κ1) is 19.9. The summed E-state index contributed by atoms with van der Waals surface area (Å²) in [7, 11) is 0. The van der Waals surface area contributed by atoms with E-state index in [1.54, 1.807) is 0 Å². The van der Waals surface area contributed by atoms with Gasteiger partial charge in [0.1, 0.15) is 5.69 Å². The first-order chi connectivity index (χ1) is 13.4. The van der Waals surface area contributed by atoms with Crippen molar-refractivity contribution in [2.24, 2.45) is 5.92 Å².